The standard InChI is InChI=1S/C21H25NO8/c1-25-14-6-7-16(26-2)15(11-14)22-19(23)12-30-20(24)10-13-8-17(27-3)21(29-5)18(9-13)28-4/h6-9,11H,10,12H2,1-5H3,(H,22,23). The van der Waals surface area contributed by atoms with E-state index in [0.29, 0.717) is 40.0 Å². The number of carbonyl (C=O) groups is 2. The molecule has 1 N–H and O–H groups in total. The van der Waals surface area contributed by atoms with Crippen molar-refractivity contribution in [2.45, 2.75) is 6.42 Å². The van der Waals surface area contributed by atoms with E-state index in [2.05, 4.69) is 5.32 Å². The van der Waals surface area contributed by atoms with Gasteiger partial charge in [-0.3, -0.25) is 9.59 Å². The number of amides is 1. The maximum Gasteiger partial charge on any atom is 0.310 e. The molecule has 162 valence electrons. The van der Waals surface area contributed by atoms with Gasteiger partial charge in [-0.25, -0.2) is 0 Å². The normalized spacial score (nSPS) is 10.0. The SMILES string of the molecule is COc1ccc(OC)c(NC(=O)COC(=O)Cc2cc(OC)c(OC)c(OC)c2)c1. The highest BCUT2D eigenvalue weighted by molar-refractivity contribution is 5.94. The van der Waals surface area contributed by atoms with Crippen LogP contribution in [-0.2, 0) is 20.7 Å². The molecule has 0 saturated heterocycles. The third-order valence-corrected chi connectivity index (χ3v) is 4.12. The quantitative estimate of drug-likeness (QED) is 0.586. The molecular weight excluding hydrogens is 394 g/mol. The van der Waals surface area contributed by atoms with E-state index in [1.54, 1.807) is 30.3 Å². The van der Waals surface area contributed by atoms with Crippen LogP contribution in [0.1, 0.15) is 5.56 Å². The van der Waals surface area contributed by atoms with Gasteiger partial charge in [0.15, 0.2) is 18.1 Å². The predicted octanol–water partition coefficient (Wildman–Crippen LogP) is 2.45. The molecule has 1 amide bonds. The molecule has 9 nitrogen and oxygen atoms in total. The molecule has 0 spiro atoms. The summed E-state index contributed by atoms with van der Waals surface area (Å²) in [6, 6.07) is 8.25. The van der Waals surface area contributed by atoms with Crippen LogP contribution in [-0.4, -0.2) is 54.0 Å². The summed E-state index contributed by atoms with van der Waals surface area (Å²) < 4.78 is 31.2. The average molecular weight is 419 g/mol. The number of methoxy groups -OCH3 is 5. The second kappa shape index (κ2) is 10.8. The van der Waals surface area contributed by atoms with Gasteiger partial charge in [0.25, 0.3) is 5.91 Å². The molecule has 0 aliphatic rings. The number of ether oxygens (including phenoxy) is 6. The van der Waals surface area contributed by atoms with Crippen molar-refractivity contribution >= 4 is 17.6 Å². The van der Waals surface area contributed by atoms with Gasteiger partial charge < -0.3 is 33.7 Å². The molecule has 0 fully saturated rings. The zero-order valence-corrected chi connectivity index (χ0v) is 17.6. The molecule has 30 heavy (non-hydrogen) atoms. The lowest BCUT2D eigenvalue weighted by Gasteiger charge is -2.14. The summed E-state index contributed by atoms with van der Waals surface area (Å²) in [4.78, 5) is 24.4. The highest BCUT2D eigenvalue weighted by Crippen LogP contribution is 2.38. The van der Waals surface area contributed by atoms with Crippen LogP contribution in [0.25, 0.3) is 0 Å². The monoisotopic (exact) mass is 419 g/mol. The van der Waals surface area contributed by atoms with Crippen molar-refractivity contribution < 1.29 is 38.0 Å². The molecule has 2 rings (SSSR count). The molecule has 2 aromatic carbocycles. The van der Waals surface area contributed by atoms with Crippen LogP contribution < -0.4 is 29.0 Å². The van der Waals surface area contributed by atoms with Crippen LogP contribution in [0.5, 0.6) is 28.7 Å². The summed E-state index contributed by atoms with van der Waals surface area (Å²) in [7, 11) is 7.45. The number of hydrogen-bond donors (Lipinski definition) is 1. The van der Waals surface area contributed by atoms with Crippen molar-refractivity contribution in [2.24, 2.45) is 0 Å². The maximum atomic E-state index is 12.2. The van der Waals surface area contributed by atoms with E-state index < -0.39 is 18.5 Å². The third kappa shape index (κ3) is 5.69. The van der Waals surface area contributed by atoms with E-state index in [-0.39, 0.29) is 6.42 Å². The molecule has 0 radical (unpaired) electrons. The summed E-state index contributed by atoms with van der Waals surface area (Å²) in [5, 5.41) is 2.63. The van der Waals surface area contributed by atoms with E-state index in [4.69, 9.17) is 28.4 Å². The molecule has 9 heteroatoms. The Hall–Kier alpha value is -3.62. The molecule has 0 saturated carbocycles. The number of nitrogens with one attached hydrogen (secondary N) is 1. The Morgan fingerprint density at radius 2 is 1.43 bits per heavy atom. The lowest BCUT2D eigenvalue weighted by atomic mass is 10.1. The summed E-state index contributed by atoms with van der Waals surface area (Å²) >= 11 is 0. The van der Waals surface area contributed by atoms with Gasteiger partial charge in [0.2, 0.25) is 5.75 Å². The van der Waals surface area contributed by atoms with Crippen LogP contribution >= 0.6 is 0 Å². The Labute approximate surface area is 174 Å². The fourth-order valence-corrected chi connectivity index (χ4v) is 2.70. The van der Waals surface area contributed by atoms with Gasteiger partial charge in [0, 0.05) is 6.07 Å². The number of benzene rings is 2. The predicted molar refractivity (Wildman–Crippen MR) is 109 cm³/mol. The Morgan fingerprint density at radius 3 is 1.97 bits per heavy atom. The van der Waals surface area contributed by atoms with Crippen molar-refractivity contribution in [3.63, 3.8) is 0 Å². The van der Waals surface area contributed by atoms with E-state index in [1.807, 2.05) is 0 Å². The topological polar surface area (TPSA) is 102 Å². The van der Waals surface area contributed by atoms with Crippen molar-refractivity contribution in [1.82, 2.24) is 0 Å². The Balaban J connectivity index is 1.99. The minimum atomic E-state index is -0.586. The van der Waals surface area contributed by atoms with Crippen LogP contribution in [0.3, 0.4) is 0 Å². The summed E-state index contributed by atoms with van der Waals surface area (Å²) in [6.45, 7) is -0.455. The fourth-order valence-electron chi connectivity index (χ4n) is 2.70. The molecule has 0 bridgehead atoms. The van der Waals surface area contributed by atoms with Crippen molar-refractivity contribution in [3.8, 4) is 28.7 Å². The molecule has 2 aromatic rings. The van der Waals surface area contributed by atoms with Gasteiger partial charge in [-0.15, -0.1) is 0 Å². The number of anilines is 1. The average Bonchev–Trinajstić information content (AvgIpc) is 2.76. The number of rotatable bonds is 10. The smallest absolute Gasteiger partial charge is 0.310 e. The maximum absolute atomic E-state index is 12.2. The van der Waals surface area contributed by atoms with Crippen LogP contribution in [0, 0.1) is 0 Å². The van der Waals surface area contributed by atoms with Gasteiger partial charge in [0.05, 0.1) is 47.7 Å². The zero-order chi connectivity index (χ0) is 22.1. The number of esters is 1. The highest BCUT2D eigenvalue weighted by atomic mass is 16.5. The third-order valence-electron chi connectivity index (χ3n) is 4.12. The first-order chi connectivity index (χ1) is 14.4. The van der Waals surface area contributed by atoms with Gasteiger partial charge in [-0.2, -0.15) is 0 Å². The van der Waals surface area contributed by atoms with Crippen molar-refractivity contribution in [1.29, 1.82) is 0 Å². The minimum Gasteiger partial charge on any atom is -0.497 e. The first kappa shape index (κ1) is 22.7. The number of carbonyl (C=O) groups excluding carboxylic acids is 2. The summed E-state index contributed by atoms with van der Waals surface area (Å²) in [5.74, 6) is 1.16. The van der Waals surface area contributed by atoms with Crippen molar-refractivity contribution in [3.05, 3.63) is 35.9 Å². The van der Waals surface area contributed by atoms with Crippen LogP contribution in [0.15, 0.2) is 30.3 Å². The first-order valence-electron chi connectivity index (χ1n) is 8.92. The van der Waals surface area contributed by atoms with Crippen LogP contribution in [0.2, 0.25) is 0 Å². The van der Waals surface area contributed by atoms with E-state index in [1.165, 1.54) is 35.5 Å². The summed E-state index contributed by atoms with van der Waals surface area (Å²) in [5.41, 5.74) is 0.992. The number of hydrogen-bond acceptors (Lipinski definition) is 8. The van der Waals surface area contributed by atoms with E-state index in [0.717, 1.165) is 0 Å². The molecule has 0 atom stereocenters. The summed E-state index contributed by atoms with van der Waals surface area (Å²) in [6.07, 6.45) is -0.0769. The minimum absolute atomic E-state index is 0.0769. The first-order valence-corrected chi connectivity index (χ1v) is 8.92. The fraction of sp³-hybridized carbons (Fsp3) is 0.333. The largest absolute Gasteiger partial charge is 0.497 e. The second-order valence-electron chi connectivity index (χ2n) is 5.99. The van der Waals surface area contributed by atoms with Crippen molar-refractivity contribution in [2.75, 3.05) is 47.5 Å². The molecule has 0 heterocycles. The zero-order valence-electron chi connectivity index (χ0n) is 17.6. The van der Waals surface area contributed by atoms with E-state index >= 15 is 0 Å². The lowest BCUT2D eigenvalue weighted by Crippen LogP contribution is -2.22. The lowest BCUT2D eigenvalue weighted by molar-refractivity contribution is -0.146. The Bertz CT molecular complexity index is 872. The van der Waals surface area contributed by atoms with Gasteiger partial charge in [0.1, 0.15) is 11.5 Å². The molecule has 0 aliphatic carbocycles. The van der Waals surface area contributed by atoms with Gasteiger partial charge >= 0.3 is 5.97 Å². The Morgan fingerprint density at radius 1 is 0.800 bits per heavy atom. The molecular formula is C21H25NO8. The highest BCUT2D eigenvalue weighted by Gasteiger charge is 2.16. The van der Waals surface area contributed by atoms with Crippen LogP contribution in [0.4, 0.5) is 5.69 Å². The van der Waals surface area contributed by atoms with E-state index in [9.17, 15) is 9.59 Å². The molecule has 0 aliphatic heterocycles. The molecule has 0 aromatic heterocycles. The molecule has 0 unspecified atom stereocenters. The van der Waals surface area contributed by atoms with Gasteiger partial charge in [-0.05, 0) is 29.8 Å². The Kier molecular flexibility index (Phi) is 8.16. The van der Waals surface area contributed by atoms with Gasteiger partial charge in [-0.1, -0.05) is 0 Å². The second-order valence-corrected chi connectivity index (χ2v) is 5.99.